The molecule has 122 valence electrons. The number of ether oxygens (including phenoxy) is 1. The van der Waals surface area contributed by atoms with E-state index in [1.807, 2.05) is 30.3 Å². The summed E-state index contributed by atoms with van der Waals surface area (Å²) in [5, 5.41) is 7.64. The van der Waals surface area contributed by atoms with Gasteiger partial charge in [0.15, 0.2) is 0 Å². The van der Waals surface area contributed by atoms with E-state index in [-0.39, 0.29) is 10.6 Å². The lowest BCUT2D eigenvalue weighted by molar-refractivity contribution is 0.0595. The second-order valence-electron chi connectivity index (χ2n) is 5.78. The average Bonchev–Trinajstić information content (AvgIpc) is 2.60. The third kappa shape index (κ3) is 4.12. The second-order valence-corrected chi connectivity index (χ2v) is 6.16. The van der Waals surface area contributed by atoms with E-state index in [1.165, 1.54) is 4.68 Å². The van der Waals surface area contributed by atoms with Gasteiger partial charge < -0.3 is 10.1 Å². The van der Waals surface area contributed by atoms with Crippen molar-refractivity contribution in [2.75, 3.05) is 25.1 Å². The molecule has 5 nitrogen and oxygen atoms in total. The van der Waals surface area contributed by atoms with Gasteiger partial charge in [0, 0.05) is 13.2 Å². The molecule has 6 heteroatoms. The largest absolute Gasteiger partial charge is 0.382 e. The van der Waals surface area contributed by atoms with Gasteiger partial charge in [-0.1, -0.05) is 41.9 Å². The highest BCUT2D eigenvalue weighted by molar-refractivity contribution is 6.32. The highest BCUT2D eigenvalue weighted by Gasteiger charge is 2.15. The van der Waals surface area contributed by atoms with E-state index >= 15 is 0 Å². The standard InChI is InChI=1S/C17H20ClN3O2/c18-16-15(19-9-14-7-4-8-23-12-14)10-20-21(17(16)22)11-13-5-2-1-3-6-13/h1-3,5-6,10,14,19H,4,7-9,11-12H2/t14-/m0/s1. The van der Waals surface area contributed by atoms with E-state index < -0.39 is 0 Å². The van der Waals surface area contributed by atoms with Crippen LogP contribution in [0.5, 0.6) is 0 Å². The van der Waals surface area contributed by atoms with Crippen molar-refractivity contribution in [1.29, 1.82) is 0 Å². The van der Waals surface area contributed by atoms with Gasteiger partial charge in [-0.05, 0) is 24.3 Å². The maximum Gasteiger partial charge on any atom is 0.287 e. The van der Waals surface area contributed by atoms with Crippen LogP contribution < -0.4 is 10.9 Å². The molecule has 2 heterocycles. The number of nitrogens with zero attached hydrogens (tertiary/aromatic N) is 2. The molecule has 0 radical (unpaired) electrons. The molecule has 1 aliphatic heterocycles. The quantitative estimate of drug-likeness (QED) is 0.914. The molecule has 1 aromatic heterocycles. The Morgan fingerprint density at radius 3 is 2.91 bits per heavy atom. The summed E-state index contributed by atoms with van der Waals surface area (Å²) in [5.41, 5.74) is 1.32. The fourth-order valence-corrected chi connectivity index (χ4v) is 2.89. The van der Waals surface area contributed by atoms with Crippen LogP contribution in [0, 0.1) is 5.92 Å². The molecule has 0 aliphatic carbocycles. The zero-order chi connectivity index (χ0) is 16.1. The number of hydrogen-bond acceptors (Lipinski definition) is 4. The molecular formula is C17H20ClN3O2. The molecule has 0 saturated carbocycles. The maximum atomic E-state index is 12.3. The molecular weight excluding hydrogens is 314 g/mol. The van der Waals surface area contributed by atoms with E-state index in [0.717, 1.165) is 38.2 Å². The van der Waals surface area contributed by atoms with Gasteiger partial charge in [-0.2, -0.15) is 5.10 Å². The van der Waals surface area contributed by atoms with Gasteiger partial charge in [0.05, 0.1) is 25.0 Å². The van der Waals surface area contributed by atoms with Crippen LogP contribution in [0.1, 0.15) is 18.4 Å². The minimum atomic E-state index is -0.277. The maximum absolute atomic E-state index is 12.3. The Morgan fingerprint density at radius 2 is 2.17 bits per heavy atom. The second kappa shape index (κ2) is 7.62. The van der Waals surface area contributed by atoms with Crippen LogP contribution in [0.4, 0.5) is 5.69 Å². The Bertz CT molecular complexity index is 697. The molecule has 0 bridgehead atoms. The van der Waals surface area contributed by atoms with Crippen LogP contribution in [-0.4, -0.2) is 29.5 Å². The molecule has 0 unspecified atom stereocenters. The van der Waals surface area contributed by atoms with Crippen molar-refractivity contribution in [3.63, 3.8) is 0 Å². The molecule has 2 aromatic rings. The number of rotatable bonds is 5. The number of anilines is 1. The average molecular weight is 334 g/mol. The van der Waals surface area contributed by atoms with E-state index in [0.29, 0.717) is 18.2 Å². The molecule has 1 saturated heterocycles. The Hall–Kier alpha value is -1.85. The normalized spacial score (nSPS) is 17.9. The smallest absolute Gasteiger partial charge is 0.287 e. The Kier molecular flexibility index (Phi) is 5.31. The molecule has 0 spiro atoms. The molecule has 1 N–H and O–H groups in total. The van der Waals surface area contributed by atoms with Gasteiger partial charge >= 0.3 is 0 Å². The van der Waals surface area contributed by atoms with Gasteiger partial charge in [-0.3, -0.25) is 4.79 Å². The molecule has 3 rings (SSSR count). The summed E-state index contributed by atoms with van der Waals surface area (Å²) in [5.74, 6) is 0.451. The number of aromatic nitrogens is 2. The summed E-state index contributed by atoms with van der Waals surface area (Å²) < 4.78 is 6.84. The first-order valence-corrected chi connectivity index (χ1v) is 8.23. The molecule has 0 amide bonds. The van der Waals surface area contributed by atoms with Crippen LogP contribution in [0.15, 0.2) is 41.3 Å². The lowest BCUT2D eigenvalue weighted by atomic mass is 10.0. The highest BCUT2D eigenvalue weighted by Crippen LogP contribution is 2.19. The van der Waals surface area contributed by atoms with E-state index in [4.69, 9.17) is 16.3 Å². The van der Waals surface area contributed by atoms with Crippen LogP contribution in [0.2, 0.25) is 5.02 Å². The first-order valence-electron chi connectivity index (χ1n) is 7.85. The molecule has 1 fully saturated rings. The highest BCUT2D eigenvalue weighted by atomic mass is 35.5. The topological polar surface area (TPSA) is 56.1 Å². The zero-order valence-electron chi connectivity index (χ0n) is 12.9. The Balaban J connectivity index is 1.68. The van der Waals surface area contributed by atoms with Crippen LogP contribution in [-0.2, 0) is 11.3 Å². The first-order chi connectivity index (χ1) is 11.2. The lowest BCUT2D eigenvalue weighted by Gasteiger charge is -2.22. The fourth-order valence-electron chi connectivity index (χ4n) is 2.68. The predicted octanol–water partition coefficient (Wildman–Crippen LogP) is 2.78. The van der Waals surface area contributed by atoms with Crippen molar-refractivity contribution in [3.8, 4) is 0 Å². The molecule has 23 heavy (non-hydrogen) atoms. The zero-order valence-corrected chi connectivity index (χ0v) is 13.6. The van der Waals surface area contributed by atoms with Gasteiger partial charge in [-0.15, -0.1) is 0 Å². The first kappa shape index (κ1) is 16.0. The monoisotopic (exact) mass is 333 g/mol. The van der Waals surface area contributed by atoms with Gasteiger partial charge in [0.2, 0.25) is 0 Å². The predicted molar refractivity (Wildman–Crippen MR) is 91.1 cm³/mol. The minimum Gasteiger partial charge on any atom is -0.382 e. The lowest BCUT2D eigenvalue weighted by Crippen LogP contribution is -2.27. The Labute approximate surface area is 140 Å². The Morgan fingerprint density at radius 1 is 1.35 bits per heavy atom. The molecule has 1 aromatic carbocycles. The third-order valence-corrected chi connectivity index (χ3v) is 4.36. The van der Waals surface area contributed by atoms with Crippen molar-refractivity contribution in [2.24, 2.45) is 5.92 Å². The summed E-state index contributed by atoms with van der Waals surface area (Å²) in [6, 6.07) is 9.72. The fraction of sp³-hybridized carbons (Fsp3) is 0.412. The minimum absolute atomic E-state index is 0.188. The van der Waals surface area contributed by atoms with Crippen LogP contribution in [0.25, 0.3) is 0 Å². The third-order valence-electron chi connectivity index (χ3n) is 4.00. The van der Waals surface area contributed by atoms with E-state index in [1.54, 1.807) is 6.20 Å². The van der Waals surface area contributed by atoms with Gasteiger partial charge in [0.25, 0.3) is 5.56 Å². The van der Waals surface area contributed by atoms with Crippen molar-refractivity contribution < 1.29 is 4.74 Å². The summed E-state index contributed by atoms with van der Waals surface area (Å²) in [4.78, 5) is 12.3. The number of halogens is 1. The van der Waals surface area contributed by atoms with Gasteiger partial charge in [-0.25, -0.2) is 4.68 Å². The van der Waals surface area contributed by atoms with E-state index in [2.05, 4.69) is 10.4 Å². The van der Waals surface area contributed by atoms with Crippen LogP contribution >= 0.6 is 11.6 Å². The van der Waals surface area contributed by atoms with Crippen molar-refractivity contribution in [1.82, 2.24) is 9.78 Å². The summed E-state index contributed by atoms with van der Waals surface area (Å²) in [6.45, 7) is 2.75. The van der Waals surface area contributed by atoms with Crippen LogP contribution in [0.3, 0.4) is 0 Å². The van der Waals surface area contributed by atoms with E-state index in [9.17, 15) is 4.79 Å². The van der Waals surface area contributed by atoms with Gasteiger partial charge in [0.1, 0.15) is 5.02 Å². The summed E-state index contributed by atoms with van der Waals surface area (Å²) in [7, 11) is 0. The number of nitrogens with one attached hydrogen (secondary N) is 1. The van der Waals surface area contributed by atoms with Crippen molar-refractivity contribution in [3.05, 3.63) is 57.5 Å². The summed E-state index contributed by atoms with van der Waals surface area (Å²) in [6.07, 6.45) is 3.83. The van der Waals surface area contributed by atoms with Crippen molar-refractivity contribution >= 4 is 17.3 Å². The molecule has 1 aliphatic rings. The number of hydrogen-bond donors (Lipinski definition) is 1. The summed E-state index contributed by atoms with van der Waals surface area (Å²) >= 11 is 6.22. The molecule has 1 atom stereocenters. The number of benzene rings is 1. The SMILES string of the molecule is O=c1c(Cl)c(NC[C@@H]2CCCOC2)cnn1Cc1ccccc1. The van der Waals surface area contributed by atoms with Crippen molar-refractivity contribution in [2.45, 2.75) is 19.4 Å².